The number of carboxylic acid groups (broad SMARTS) is 1. The van der Waals surface area contributed by atoms with Crippen molar-refractivity contribution < 1.29 is 14.6 Å². The molecule has 0 radical (unpaired) electrons. The number of hydrogen-bond donors (Lipinski definition) is 1. The molecule has 0 bridgehead atoms. The monoisotopic (exact) mass is 396 g/mol. The van der Waals surface area contributed by atoms with Crippen molar-refractivity contribution in [2.45, 2.75) is 20.3 Å². The van der Waals surface area contributed by atoms with Crippen LogP contribution in [0.4, 0.5) is 0 Å². The molecule has 0 saturated heterocycles. The van der Waals surface area contributed by atoms with Crippen molar-refractivity contribution in [3.8, 4) is 28.7 Å². The van der Waals surface area contributed by atoms with Crippen molar-refractivity contribution in [3.63, 3.8) is 0 Å². The molecule has 30 heavy (non-hydrogen) atoms. The van der Waals surface area contributed by atoms with Crippen LogP contribution in [-0.4, -0.2) is 17.7 Å². The number of aromatic carboxylic acids is 1. The van der Waals surface area contributed by atoms with Crippen molar-refractivity contribution >= 4 is 12.0 Å². The van der Waals surface area contributed by atoms with Crippen molar-refractivity contribution in [1.82, 2.24) is 0 Å². The summed E-state index contributed by atoms with van der Waals surface area (Å²) in [6.07, 6.45) is 4.76. The van der Waals surface area contributed by atoms with Crippen LogP contribution >= 0.6 is 0 Å². The van der Waals surface area contributed by atoms with Gasteiger partial charge in [0.1, 0.15) is 5.75 Å². The molecule has 150 valence electrons. The zero-order chi connectivity index (χ0) is 21.3. The van der Waals surface area contributed by atoms with Crippen LogP contribution in [0, 0.1) is 18.8 Å². The summed E-state index contributed by atoms with van der Waals surface area (Å²) in [5.74, 6) is 5.97. The number of hydrogen-bond acceptors (Lipinski definition) is 2. The fourth-order valence-corrected chi connectivity index (χ4v) is 2.93. The fourth-order valence-electron chi connectivity index (χ4n) is 2.93. The Labute approximate surface area is 177 Å². The van der Waals surface area contributed by atoms with E-state index in [2.05, 4.69) is 56.0 Å². The van der Waals surface area contributed by atoms with E-state index in [1.165, 1.54) is 5.56 Å². The predicted molar refractivity (Wildman–Crippen MR) is 122 cm³/mol. The van der Waals surface area contributed by atoms with Crippen molar-refractivity contribution in [3.05, 3.63) is 95.1 Å². The van der Waals surface area contributed by atoms with Crippen molar-refractivity contribution in [1.29, 1.82) is 0 Å². The topological polar surface area (TPSA) is 46.5 Å². The minimum absolute atomic E-state index is 0.254. The molecule has 0 spiro atoms. The predicted octanol–water partition coefficient (Wildman–Crippen LogP) is 6.21. The molecule has 3 aromatic rings. The summed E-state index contributed by atoms with van der Waals surface area (Å²) in [5.41, 5.74) is 5.51. The molecule has 0 heterocycles. The van der Waals surface area contributed by atoms with Crippen LogP contribution in [0.3, 0.4) is 0 Å². The molecule has 0 unspecified atom stereocenters. The largest absolute Gasteiger partial charge is 0.494 e. The molecule has 0 saturated carbocycles. The zero-order valence-electron chi connectivity index (χ0n) is 17.2. The van der Waals surface area contributed by atoms with E-state index >= 15 is 0 Å². The quantitative estimate of drug-likeness (QED) is 0.504. The molecule has 0 fully saturated rings. The van der Waals surface area contributed by atoms with Gasteiger partial charge < -0.3 is 9.84 Å². The second kappa shape index (κ2) is 10.1. The average Bonchev–Trinajstić information content (AvgIpc) is 2.76. The lowest BCUT2D eigenvalue weighted by atomic mass is 9.98. The van der Waals surface area contributed by atoms with E-state index in [9.17, 15) is 4.79 Å². The minimum atomic E-state index is -0.940. The van der Waals surface area contributed by atoms with Crippen LogP contribution in [0.1, 0.15) is 40.4 Å². The number of allylic oxidation sites excluding steroid dienone is 1. The molecule has 3 aromatic carbocycles. The summed E-state index contributed by atoms with van der Waals surface area (Å²) in [7, 11) is 0. The Bertz CT molecular complexity index is 1100. The van der Waals surface area contributed by atoms with E-state index in [1.54, 1.807) is 24.3 Å². The number of carboxylic acids is 1. The van der Waals surface area contributed by atoms with E-state index in [0.29, 0.717) is 6.61 Å². The first-order valence-corrected chi connectivity index (χ1v) is 9.92. The smallest absolute Gasteiger partial charge is 0.335 e. The van der Waals surface area contributed by atoms with Crippen molar-refractivity contribution in [2.75, 3.05) is 6.61 Å². The molecule has 3 nitrogen and oxygen atoms in total. The van der Waals surface area contributed by atoms with Crippen LogP contribution in [0.15, 0.2) is 72.8 Å². The first-order valence-electron chi connectivity index (χ1n) is 9.92. The third-order valence-corrected chi connectivity index (χ3v) is 4.55. The fraction of sp³-hybridized carbons (Fsp3) is 0.148. The highest BCUT2D eigenvalue weighted by molar-refractivity contribution is 5.87. The maximum atomic E-state index is 10.9. The highest BCUT2D eigenvalue weighted by atomic mass is 16.5. The molecular formula is C27H24O3. The summed E-state index contributed by atoms with van der Waals surface area (Å²) >= 11 is 0. The van der Waals surface area contributed by atoms with Crippen molar-refractivity contribution in [2.24, 2.45) is 0 Å². The minimum Gasteiger partial charge on any atom is -0.494 e. The molecule has 0 aromatic heterocycles. The van der Waals surface area contributed by atoms with Crippen LogP contribution in [0.5, 0.6) is 5.75 Å². The number of rotatable bonds is 6. The average molecular weight is 396 g/mol. The molecule has 0 aliphatic carbocycles. The highest BCUT2D eigenvalue weighted by Gasteiger charge is 2.06. The van der Waals surface area contributed by atoms with Gasteiger partial charge in [-0.1, -0.05) is 54.7 Å². The summed E-state index contributed by atoms with van der Waals surface area (Å²) in [4.78, 5) is 10.9. The molecule has 3 rings (SSSR count). The highest BCUT2D eigenvalue weighted by Crippen LogP contribution is 2.29. The first-order chi connectivity index (χ1) is 14.6. The van der Waals surface area contributed by atoms with Gasteiger partial charge in [-0.15, -0.1) is 0 Å². The van der Waals surface area contributed by atoms with Crippen LogP contribution in [0.2, 0.25) is 0 Å². The second-order valence-corrected chi connectivity index (χ2v) is 6.95. The number of aryl methyl sites for hydroxylation is 1. The number of benzene rings is 3. The SMILES string of the molecule is CCCOc1ccc(/C=C/C#Cc2ccc(C(=O)O)cc2)c(-c2ccc(C)cc2)c1. The Balaban J connectivity index is 1.85. The van der Waals surface area contributed by atoms with Crippen LogP contribution in [-0.2, 0) is 0 Å². The third-order valence-electron chi connectivity index (χ3n) is 4.55. The lowest BCUT2D eigenvalue weighted by Crippen LogP contribution is -1.95. The Kier molecular flexibility index (Phi) is 7.08. The first kappa shape index (κ1) is 21.0. The molecule has 0 amide bonds. The lowest BCUT2D eigenvalue weighted by Gasteiger charge is -2.11. The van der Waals surface area contributed by atoms with Gasteiger partial charge in [-0.25, -0.2) is 4.79 Å². The van der Waals surface area contributed by atoms with Gasteiger partial charge in [0.15, 0.2) is 0 Å². The van der Waals surface area contributed by atoms with Gasteiger partial charge in [0, 0.05) is 5.56 Å². The molecule has 1 N–H and O–H groups in total. The van der Waals surface area contributed by atoms with Gasteiger partial charge in [-0.05, 0) is 78.6 Å². The molecule has 0 aliphatic rings. The summed E-state index contributed by atoms with van der Waals surface area (Å²) in [6.45, 7) is 4.85. The Morgan fingerprint density at radius 2 is 1.77 bits per heavy atom. The maximum absolute atomic E-state index is 10.9. The zero-order valence-corrected chi connectivity index (χ0v) is 17.2. The third kappa shape index (κ3) is 5.62. The van der Waals surface area contributed by atoms with Gasteiger partial charge in [-0.2, -0.15) is 0 Å². The normalized spacial score (nSPS) is 10.5. The summed E-state index contributed by atoms with van der Waals surface area (Å²) in [5, 5.41) is 8.96. The van der Waals surface area contributed by atoms with Gasteiger partial charge >= 0.3 is 5.97 Å². The Morgan fingerprint density at radius 3 is 2.43 bits per heavy atom. The van der Waals surface area contributed by atoms with E-state index in [1.807, 2.05) is 24.3 Å². The molecule has 3 heteroatoms. The maximum Gasteiger partial charge on any atom is 0.335 e. The molecule has 0 aliphatic heterocycles. The summed E-state index contributed by atoms with van der Waals surface area (Å²) in [6, 6.07) is 21.0. The van der Waals surface area contributed by atoms with Gasteiger partial charge in [-0.3, -0.25) is 0 Å². The van der Waals surface area contributed by atoms with E-state index < -0.39 is 5.97 Å². The van der Waals surface area contributed by atoms with Gasteiger partial charge in [0.25, 0.3) is 0 Å². The Hall–Kier alpha value is -3.77. The van der Waals surface area contributed by atoms with Crippen LogP contribution < -0.4 is 4.74 Å². The molecular weight excluding hydrogens is 372 g/mol. The standard InChI is InChI=1S/C27H24O3/c1-3-18-30-25-17-16-22(26(19-25)23-12-8-20(2)9-13-23)7-5-4-6-21-10-14-24(15-11-21)27(28)29/h5,7-17,19H,3,18H2,1-2H3,(H,28,29)/b7-5+. The number of ether oxygens (including phenoxy) is 1. The lowest BCUT2D eigenvalue weighted by molar-refractivity contribution is 0.0697. The Morgan fingerprint density at radius 1 is 1.03 bits per heavy atom. The van der Waals surface area contributed by atoms with Gasteiger partial charge in [0.05, 0.1) is 12.2 Å². The molecule has 0 atom stereocenters. The summed E-state index contributed by atoms with van der Waals surface area (Å²) < 4.78 is 5.81. The number of carbonyl (C=O) groups is 1. The van der Waals surface area contributed by atoms with E-state index in [-0.39, 0.29) is 5.56 Å². The van der Waals surface area contributed by atoms with E-state index in [0.717, 1.165) is 34.4 Å². The van der Waals surface area contributed by atoms with E-state index in [4.69, 9.17) is 9.84 Å². The second-order valence-electron chi connectivity index (χ2n) is 6.95. The van der Waals surface area contributed by atoms with Crippen LogP contribution in [0.25, 0.3) is 17.2 Å². The van der Waals surface area contributed by atoms with Gasteiger partial charge in [0.2, 0.25) is 0 Å².